The Hall–Kier alpha value is -3.65. The zero-order chi connectivity index (χ0) is 28.7. The van der Waals surface area contributed by atoms with E-state index in [0.29, 0.717) is 44.1 Å². The van der Waals surface area contributed by atoms with Crippen LogP contribution in [0.25, 0.3) is 11.3 Å². The van der Waals surface area contributed by atoms with E-state index in [-0.39, 0.29) is 25.1 Å². The van der Waals surface area contributed by atoms with Crippen molar-refractivity contribution in [1.82, 2.24) is 19.7 Å². The van der Waals surface area contributed by atoms with E-state index in [4.69, 9.17) is 15.0 Å². The lowest BCUT2D eigenvalue weighted by Gasteiger charge is -2.35. The summed E-state index contributed by atoms with van der Waals surface area (Å²) in [7, 11) is 1.52. The summed E-state index contributed by atoms with van der Waals surface area (Å²) in [5.74, 6) is -0.0743. The minimum atomic E-state index is -0.520. The number of carbonyl (C=O) groups is 3. The molecule has 1 aliphatic rings. The number of imide groups is 1. The Balaban J connectivity index is 1.66. The summed E-state index contributed by atoms with van der Waals surface area (Å²) in [6.07, 6.45) is 0.377. The summed E-state index contributed by atoms with van der Waals surface area (Å²) in [6, 6.07) is 8.53. The molecule has 11 heteroatoms. The molecule has 4 amide bonds. The van der Waals surface area contributed by atoms with Crippen molar-refractivity contribution < 1.29 is 19.1 Å². The summed E-state index contributed by atoms with van der Waals surface area (Å²) in [4.78, 5) is 49.6. The van der Waals surface area contributed by atoms with Gasteiger partial charge in [-0.3, -0.25) is 9.69 Å². The van der Waals surface area contributed by atoms with Gasteiger partial charge in [-0.2, -0.15) is 5.26 Å². The van der Waals surface area contributed by atoms with Crippen LogP contribution in [0.4, 0.5) is 14.7 Å². The number of urea groups is 1. The number of rotatable bonds is 7. The van der Waals surface area contributed by atoms with Crippen molar-refractivity contribution in [2.75, 3.05) is 51.2 Å². The normalized spacial score (nSPS) is 13.7. The molecule has 1 aromatic carbocycles. The molecular formula is C28H38N6O4S. The summed E-state index contributed by atoms with van der Waals surface area (Å²) in [6.45, 7) is 12.3. The number of piperazine rings is 1. The van der Waals surface area contributed by atoms with Crippen molar-refractivity contribution in [3.05, 3.63) is 35.2 Å². The highest BCUT2D eigenvalue weighted by Gasteiger charge is 2.28. The number of thiazole rings is 1. The van der Waals surface area contributed by atoms with Gasteiger partial charge in [0.25, 0.3) is 5.91 Å². The maximum absolute atomic E-state index is 13.3. The number of hydrogen-bond donors (Lipinski definition) is 0. The maximum Gasteiger partial charge on any atom is 0.410 e. The molecule has 0 aliphatic carbocycles. The van der Waals surface area contributed by atoms with Crippen LogP contribution in [0.5, 0.6) is 0 Å². The quantitative estimate of drug-likeness (QED) is 0.446. The number of anilines is 1. The van der Waals surface area contributed by atoms with E-state index in [1.807, 2.05) is 58.2 Å². The molecule has 10 nitrogen and oxygen atoms in total. The first kappa shape index (κ1) is 29.9. The van der Waals surface area contributed by atoms with E-state index in [1.165, 1.54) is 28.2 Å². The largest absolute Gasteiger partial charge is 0.444 e. The molecule has 0 saturated carbocycles. The van der Waals surface area contributed by atoms with E-state index in [9.17, 15) is 14.4 Å². The number of nitriles is 1. The fraction of sp³-hybridized carbons (Fsp3) is 0.536. The molecule has 1 aromatic heterocycles. The van der Waals surface area contributed by atoms with Crippen LogP contribution in [0.2, 0.25) is 0 Å². The molecule has 1 fully saturated rings. The van der Waals surface area contributed by atoms with Crippen molar-refractivity contribution in [3.63, 3.8) is 0 Å². The monoisotopic (exact) mass is 554 g/mol. The van der Waals surface area contributed by atoms with Crippen molar-refractivity contribution in [2.24, 2.45) is 5.92 Å². The van der Waals surface area contributed by atoms with Crippen molar-refractivity contribution in [2.45, 2.75) is 46.6 Å². The maximum atomic E-state index is 13.3. The first-order chi connectivity index (χ1) is 18.4. The lowest BCUT2D eigenvalue weighted by molar-refractivity contribution is 0.0240. The summed E-state index contributed by atoms with van der Waals surface area (Å²) in [5, 5.41) is 11.8. The molecule has 210 valence electrons. The van der Waals surface area contributed by atoms with Gasteiger partial charge in [-0.1, -0.05) is 26.0 Å². The van der Waals surface area contributed by atoms with Crippen molar-refractivity contribution >= 4 is 34.5 Å². The number of benzene rings is 1. The molecule has 2 aromatic rings. The van der Waals surface area contributed by atoms with Gasteiger partial charge in [-0.15, -0.1) is 11.3 Å². The Morgan fingerprint density at radius 3 is 2.33 bits per heavy atom. The summed E-state index contributed by atoms with van der Waals surface area (Å²) in [5.41, 5.74) is 1.54. The third-order valence-corrected chi connectivity index (χ3v) is 7.06. The highest BCUT2D eigenvalue weighted by Crippen LogP contribution is 2.29. The zero-order valence-corrected chi connectivity index (χ0v) is 24.5. The van der Waals surface area contributed by atoms with Gasteiger partial charge in [0.05, 0.1) is 11.8 Å². The molecule has 0 bridgehead atoms. The Bertz CT molecular complexity index is 1190. The minimum absolute atomic E-state index is 0.0918. The van der Waals surface area contributed by atoms with Crippen LogP contribution in [-0.2, 0) is 4.74 Å². The number of ether oxygens (including phenoxy) is 1. The molecular weight excluding hydrogens is 516 g/mol. The van der Waals surface area contributed by atoms with Crippen molar-refractivity contribution in [3.8, 4) is 17.3 Å². The third-order valence-electron chi connectivity index (χ3n) is 6.16. The van der Waals surface area contributed by atoms with Crippen LogP contribution in [0.3, 0.4) is 0 Å². The smallest absolute Gasteiger partial charge is 0.410 e. The van der Waals surface area contributed by atoms with Crippen LogP contribution in [0, 0.1) is 17.2 Å². The molecule has 2 heterocycles. The van der Waals surface area contributed by atoms with Crippen LogP contribution >= 0.6 is 11.3 Å². The fourth-order valence-corrected chi connectivity index (χ4v) is 4.83. The minimum Gasteiger partial charge on any atom is -0.444 e. The first-order valence-corrected chi connectivity index (χ1v) is 14.0. The Morgan fingerprint density at radius 2 is 1.77 bits per heavy atom. The second-order valence-corrected chi connectivity index (χ2v) is 11.8. The standard InChI is InChI=1S/C28H38N6O4S/c1-20(2)11-13-34(26(36)31(6)14-12-29)24(35)22-9-7-21(8-10-22)23-19-39-25(30-23)32-15-17-33(18-16-32)27(37)38-28(3,4)5/h7-10,19-20H,11,13-18H2,1-6H3. The predicted octanol–water partition coefficient (Wildman–Crippen LogP) is 4.93. The van der Waals surface area contributed by atoms with Crippen LogP contribution in [0.1, 0.15) is 51.4 Å². The van der Waals surface area contributed by atoms with E-state index < -0.39 is 11.6 Å². The van der Waals surface area contributed by atoms with Crippen LogP contribution < -0.4 is 4.90 Å². The first-order valence-electron chi connectivity index (χ1n) is 13.1. The number of carbonyl (C=O) groups excluding carboxylic acids is 3. The predicted molar refractivity (Wildman–Crippen MR) is 152 cm³/mol. The highest BCUT2D eigenvalue weighted by molar-refractivity contribution is 7.14. The van der Waals surface area contributed by atoms with Gasteiger partial charge < -0.3 is 19.4 Å². The number of aromatic nitrogens is 1. The third kappa shape index (κ3) is 8.17. The molecule has 3 rings (SSSR count). The lowest BCUT2D eigenvalue weighted by atomic mass is 10.1. The SMILES string of the molecule is CC(C)CCN(C(=O)c1ccc(-c2csc(N3CCN(C(=O)OC(C)(C)C)CC3)n2)cc1)C(=O)N(C)CC#N. The van der Waals surface area contributed by atoms with Gasteiger partial charge in [-0.25, -0.2) is 14.6 Å². The van der Waals surface area contributed by atoms with E-state index in [2.05, 4.69) is 4.90 Å². The van der Waals surface area contributed by atoms with Gasteiger partial charge >= 0.3 is 12.1 Å². The van der Waals surface area contributed by atoms with Gasteiger partial charge in [0.15, 0.2) is 5.13 Å². The van der Waals surface area contributed by atoms with Crippen LogP contribution in [-0.4, -0.2) is 89.6 Å². The molecule has 0 atom stereocenters. The molecule has 1 aliphatic heterocycles. The summed E-state index contributed by atoms with van der Waals surface area (Å²) < 4.78 is 5.48. The zero-order valence-electron chi connectivity index (χ0n) is 23.6. The molecule has 0 unspecified atom stereocenters. The average Bonchev–Trinajstić information content (AvgIpc) is 3.38. The number of amides is 4. The molecule has 1 saturated heterocycles. The highest BCUT2D eigenvalue weighted by atomic mass is 32.1. The van der Waals surface area contributed by atoms with Gasteiger partial charge in [0.1, 0.15) is 12.1 Å². The lowest BCUT2D eigenvalue weighted by Crippen LogP contribution is -2.50. The second kappa shape index (κ2) is 12.9. The molecule has 0 spiro atoms. The second-order valence-electron chi connectivity index (χ2n) is 11.0. The summed E-state index contributed by atoms with van der Waals surface area (Å²) >= 11 is 1.54. The number of nitrogens with zero attached hydrogens (tertiary/aromatic N) is 6. The molecule has 39 heavy (non-hydrogen) atoms. The molecule has 0 radical (unpaired) electrons. The van der Waals surface area contributed by atoms with E-state index in [0.717, 1.165) is 16.4 Å². The van der Waals surface area contributed by atoms with Crippen LogP contribution in [0.15, 0.2) is 29.6 Å². The van der Waals surface area contributed by atoms with E-state index >= 15 is 0 Å². The van der Waals surface area contributed by atoms with Gasteiger partial charge in [0, 0.05) is 56.3 Å². The van der Waals surface area contributed by atoms with Gasteiger partial charge in [0.2, 0.25) is 0 Å². The Kier molecular flexibility index (Phi) is 9.92. The topological polar surface area (TPSA) is 110 Å². The number of hydrogen-bond acceptors (Lipinski definition) is 8. The molecule has 0 N–H and O–H groups in total. The van der Waals surface area contributed by atoms with E-state index in [1.54, 1.807) is 17.0 Å². The Labute approximate surface area is 234 Å². The average molecular weight is 555 g/mol. The fourth-order valence-electron chi connectivity index (χ4n) is 3.94. The van der Waals surface area contributed by atoms with Gasteiger partial charge in [-0.05, 0) is 45.2 Å². The van der Waals surface area contributed by atoms with Crippen molar-refractivity contribution in [1.29, 1.82) is 5.26 Å². The Morgan fingerprint density at radius 1 is 1.13 bits per heavy atom.